The summed E-state index contributed by atoms with van der Waals surface area (Å²) >= 11 is 0. The Morgan fingerprint density at radius 1 is 0.963 bits per heavy atom. The molecule has 0 aliphatic heterocycles. The van der Waals surface area contributed by atoms with Gasteiger partial charge >= 0.3 is 12.2 Å². The van der Waals surface area contributed by atoms with Gasteiger partial charge < -0.3 is 15.2 Å². The lowest BCUT2D eigenvalue weighted by atomic mass is 9.98. The number of nitrogens with zero attached hydrogens (tertiary/aromatic N) is 1. The van der Waals surface area contributed by atoms with Crippen LogP contribution in [0.3, 0.4) is 0 Å². The molecule has 1 aromatic rings. The van der Waals surface area contributed by atoms with E-state index in [9.17, 15) is 9.59 Å². The van der Waals surface area contributed by atoms with Crippen LogP contribution in [-0.2, 0) is 16.0 Å². The fourth-order valence-electron chi connectivity index (χ4n) is 2.39. The highest BCUT2D eigenvalue weighted by molar-refractivity contribution is 5.95. The van der Waals surface area contributed by atoms with Gasteiger partial charge in [0.1, 0.15) is 17.0 Å². The van der Waals surface area contributed by atoms with Crippen molar-refractivity contribution in [2.24, 2.45) is 5.73 Å². The first-order valence-electron chi connectivity index (χ1n) is 8.79. The number of carbonyl (C=O) groups excluding carboxylic acids is 2. The van der Waals surface area contributed by atoms with Crippen molar-refractivity contribution in [2.75, 3.05) is 0 Å². The fourth-order valence-corrected chi connectivity index (χ4v) is 2.39. The van der Waals surface area contributed by atoms with Crippen LogP contribution in [0.4, 0.5) is 9.59 Å². The number of benzene rings is 1. The molecule has 3 N–H and O–H groups in total. The number of nitrogens with one attached hydrogen (secondary N) is 1. The molecule has 0 bridgehead atoms. The number of aryl methyl sites for hydroxylation is 2. The molecule has 0 spiro atoms. The van der Waals surface area contributed by atoms with Gasteiger partial charge in [-0.3, -0.25) is 5.41 Å². The largest absolute Gasteiger partial charge is 0.443 e. The first kappa shape index (κ1) is 22.5. The summed E-state index contributed by atoms with van der Waals surface area (Å²) in [5.74, 6) is -0.0381. The van der Waals surface area contributed by atoms with Crippen LogP contribution in [0.1, 0.15) is 63.8 Å². The Bertz CT molecular complexity index is 692. The number of amides is 2. The van der Waals surface area contributed by atoms with Gasteiger partial charge in [0, 0.05) is 5.56 Å². The predicted molar refractivity (Wildman–Crippen MR) is 105 cm³/mol. The topological polar surface area (TPSA) is 106 Å². The smallest absolute Gasteiger partial charge is 0.420 e. The molecule has 7 heteroatoms. The molecule has 1 aromatic carbocycles. The Balaban J connectivity index is 3.27. The van der Waals surface area contributed by atoms with E-state index in [1.807, 2.05) is 13.8 Å². The lowest BCUT2D eigenvalue weighted by molar-refractivity contribution is -0.000284. The van der Waals surface area contributed by atoms with Gasteiger partial charge in [-0.25, -0.2) is 14.5 Å². The highest BCUT2D eigenvalue weighted by Crippen LogP contribution is 2.22. The van der Waals surface area contributed by atoms with Crippen molar-refractivity contribution < 1.29 is 19.1 Å². The summed E-state index contributed by atoms with van der Waals surface area (Å²) in [4.78, 5) is 26.2. The minimum absolute atomic E-state index is 0.000319. The number of nitrogens with two attached hydrogens (primary N) is 1. The van der Waals surface area contributed by atoms with Crippen molar-refractivity contribution >= 4 is 18.0 Å². The van der Waals surface area contributed by atoms with Crippen molar-refractivity contribution in [3.8, 4) is 0 Å². The predicted octanol–water partition coefficient (Wildman–Crippen LogP) is 4.26. The molecular weight excluding hydrogens is 346 g/mol. The molecule has 2 amide bonds. The molecule has 7 nitrogen and oxygen atoms in total. The highest BCUT2D eigenvalue weighted by Gasteiger charge is 2.32. The number of amidine groups is 1. The number of ether oxygens (including phenoxy) is 2. The van der Waals surface area contributed by atoms with Crippen LogP contribution >= 0.6 is 0 Å². The van der Waals surface area contributed by atoms with Crippen LogP contribution in [0.2, 0.25) is 0 Å². The molecule has 0 radical (unpaired) electrons. The monoisotopic (exact) mass is 377 g/mol. The van der Waals surface area contributed by atoms with Crippen LogP contribution in [0.15, 0.2) is 12.1 Å². The summed E-state index contributed by atoms with van der Waals surface area (Å²) in [6, 6.07) is 3.51. The van der Waals surface area contributed by atoms with Crippen molar-refractivity contribution in [1.29, 1.82) is 5.41 Å². The van der Waals surface area contributed by atoms with E-state index in [4.69, 9.17) is 20.6 Å². The van der Waals surface area contributed by atoms with Crippen molar-refractivity contribution in [3.05, 3.63) is 34.4 Å². The number of nitrogen functional groups attached to an aromatic ring is 1. The van der Waals surface area contributed by atoms with Crippen LogP contribution in [-0.4, -0.2) is 34.1 Å². The molecular formula is C20H31N3O4. The van der Waals surface area contributed by atoms with E-state index in [0.29, 0.717) is 5.56 Å². The van der Waals surface area contributed by atoms with Crippen molar-refractivity contribution in [2.45, 2.75) is 73.1 Å². The van der Waals surface area contributed by atoms with E-state index in [0.717, 1.165) is 21.6 Å². The minimum atomic E-state index is -0.772. The Kier molecular flexibility index (Phi) is 6.64. The van der Waals surface area contributed by atoms with Gasteiger partial charge in [-0.05, 0) is 84.2 Å². The van der Waals surface area contributed by atoms with Gasteiger partial charge in [-0.1, -0.05) is 0 Å². The van der Waals surface area contributed by atoms with Crippen LogP contribution in [0.25, 0.3) is 0 Å². The molecule has 0 aliphatic carbocycles. The summed E-state index contributed by atoms with van der Waals surface area (Å²) in [7, 11) is 0. The molecule has 0 atom stereocenters. The van der Waals surface area contributed by atoms with Crippen LogP contribution < -0.4 is 5.73 Å². The summed E-state index contributed by atoms with van der Waals surface area (Å²) in [5, 5.41) is 7.59. The van der Waals surface area contributed by atoms with E-state index < -0.39 is 23.4 Å². The Hall–Kier alpha value is -2.57. The van der Waals surface area contributed by atoms with Crippen LogP contribution in [0, 0.1) is 19.3 Å². The molecule has 0 heterocycles. The van der Waals surface area contributed by atoms with Gasteiger partial charge in [0.05, 0.1) is 6.54 Å². The number of rotatable bonds is 3. The summed E-state index contributed by atoms with van der Waals surface area (Å²) in [6.07, 6.45) is -1.54. The number of carbonyl (C=O) groups is 2. The number of hydrogen-bond acceptors (Lipinski definition) is 5. The van der Waals surface area contributed by atoms with Crippen LogP contribution in [0.5, 0.6) is 0 Å². The van der Waals surface area contributed by atoms with Gasteiger partial charge in [-0.2, -0.15) is 0 Å². The van der Waals surface area contributed by atoms with Gasteiger partial charge in [-0.15, -0.1) is 0 Å². The maximum atomic E-state index is 12.6. The third-order valence-electron chi connectivity index (χ3n) is 3.55. The normalized spacial score (nSPS) is 11.7. The maximum Gasteiger partial charge on any atom is 0.420 e. The molecule has 27 heavy (non-hydrogen) atoms. The highest BCUT2D eigenvalue weighted by atomic mass is 16.6. The maximum absolute atomic E-state index is 12.6. The molecule has 0 aliphatic rings. The summed E-state index contributed by atoms with van der Waals surface area (Å²) in [5.41, 5.74) is 7.06. The average molecular weight is 377 g/mol. The first-order valence-corrected chi connectivity index (χ1v) is 8.79. The van der Waals surface area contributed by atoms with Gasteiger partial charge in [0.25, 0.3) is 0 Å². The quantitative estimate of drug-likeness (QED) is 0.605. The third kappa shape index (κ3) is 6.92. The second kappa shape index (κ2) is 7.98. The Morgan fingerprint density at radius 3 is 1.63 bits per heavy atom. The van der Waals surface area contributed by atoms with E-state index >= 15 is 0 Å². The average Bonchev–Trinajstić information content (AvgIpc) is 2.41. The molecule has 0 saturated heterocycles. The fraction of sp³-hybridized carbons (Fsp3) is 0.550. The zero-order valence-electron chi connectivity index (χ0n) is 17.5. The van der Waals surface area contributed by atoms with E-state index in [1.165, 1.54) is 0 Å². The first-order chi connectivity index (χ1) is 12.1. The minimum Gasteiger partial charge on any atom is -0.443 e. The second-order valence-electron chi connectivity index (χ2n) is 8.55. The third-order valence-corrected chi connectivity index (χ3v) is 3.55. The summed E-state index contributed by atoms with van der Waals surface area (Å²) < 4.78 is 10.8. The van der Waals surface area contributed by atoms with Crippen molar-refractivity contribution in [3.63, 3.8) is 0 Å². The zero-order valence-corrected chi connectivity index (χ0v) is 17.5. The standard InChI is InChI=1S/C20H31N3O4/c1-12-9-14(16(21)22)10-13(2)15(12)11-23(17(24)26-19(3,4)5)18(25)27-20(6,7)8/h9-10H,11H2,1-8H3,(H3,21,22). The van der Waals surface area contributed by atoms with E-state index in [2.05, 4.69) is 0 Å². The van der Waals surface area contributed by atoms with E-state index in [-0.39, 0.29) is 12.4 Å². The van der Waals surface area contributed by atoms with Crippen molar-refractivity contribution in [1.82, 2.24) is 4.90 Å². The van der Waals surface area contributed by atoms with Gasteiger partial charge in [0.2, 0.25) is 0 Å². The lowest BCUT2D eigenvalue weighted by Gasteiger charge is -2.29. The number of hydrogen-bond donors (Lipinski definition) is 2. The molecule has 150 valence electrons. The summed E-state index contributed by atoms with van der Waals surface area (Å²) in [6.45, 7) is 14.1. The molecule has 1 rings (SSSR count). The van der Waals surface area contributed by atoms with Gasteiger partial charge in [0.15, 0.2) is 0 Å². The lowest BCUT2D eigenvalue weighted by Crippen LogP contribution is -2.43. The Labute approximate surface area is 161 Å². The molecule has 0 aromatic heterocycles. The Morgan fingerprint density at radius 2 is 1.33 bits per heavy atom. The van der Waals surface area contributed by atoms with E-state index in [1.54, 1.807) is 53.7 Å². The SMILES string of the molecule is Cc1cc(C(=N)N)cc(C)c1CN(C(=O)OC(C)(C)C)C(=O)OC(C)(C)C. The second-order valence-corrected chi connectivity index (χ2v) is 8.55. The zero-order chi connectivity index (χ0) is 21.2. The molecule has 0 fully saturated rings. The number of imide groups is 1. The molecule has 0 unspecified atom stereocenters. The molecule has 0 saturated carbocycles.